The lowest BCUT2D eigenvalue weighted by Crippen LogP contribution is -2.30. The summed E-state index contributed by atoms with van der Waals surface area (Å²) in [6.45, 7) is 6.35. The predicted octanol–water partition coefficient (Wildman–Crippen LogP) is 18.9. The van der Waals surface area contributed by atoms with Gasteiger partial charge in [0.05, 0.1) is 0 Å². The summed E-state index contributed by atoms with van der Waals surface area (Å²) in [6.07, 6.45) is 74.3. The average Bonchev–Trinajstić information content (AvgIpc) is 3.34. The zero-order chi connectivity index (χ0) is 49.3. The van der Waals surface area contributed by atoms with Crippen molar-refractivity contribution in [3.63, 3.8) is 0 Å². The van der Waals surface area contributed by atoms with Gasteiger partial charge in [-0.2, -0.15) is 0 Å². The number of hydrogen-bond acceptors (Lipinski definition) is 6. The zero-order valence-corrected chi connectivity index (χ0v) is 44.3. The van der Waals surface area contributed by atoms with Gasteiger partial charge in [-0.05, 0) is 96.3 Å². The van der Waals surface area contributed by atoms with Crippen LogP contribution >= 0.6 is 0 Å². The maximum Gasteiger partial charge on any atom is 0.306 e. The summed E-state index contributed by atoms with van der Waals surface area (Å²) in [5.74, 6) is -0.908. The van der Waals surface area contributed by atoms with Gasteiger partial charge in [0.25, 0.3) is 0 Å². The summed E-state index contributed by atoms with van der Waals surface area (Å²) < 4.78 is 16.7. The minimum atomic E-state index is -0.783. The molecule has 1 unspecified atom stereocenters. The Kier molecular flexibility index (Phi) is 52.9. The molecule has 68 heavy (non-hydrogen) atoms. The molecule has 388 valence electrons. The summed E-state index contributed by atoms with van der Waals surface area (Å²) in [7, 11) is 0. The third-order valence-electron chi connectivity index (χ3n) is 11.8. The molecule has 0 spiro atoms. The van der Waals surface area contributed by atoms with E-state index in [1.54, 1.807) is 0 Å². The van der Waals surface area contributed by atoms with Crippen molar-refractivity contribution in [1.82, 2.24) is 0 Å². The van der Waals surface area contributed by atoms with E-state index < -0.39 is 6.10 Å². The van der Waals surface area contributed by atoms with Gasteiger partial charge in [-0.1, -0.05) is 240 Å². The van der Waals surface area contributed by atoms with E-state index in [9.17, 15) is 14.4 Å². The van der Waals surface area contributed by atoms with E-state index in [0.29, 0.717) is 19.3 Å². The van der Waals surface area contributed by atoms with Gasteiger partial charge >= 0.3 is 17.9 Å². The van der Waals surface area contributed by atoms with E-state index in [1.807, 2.05) is 0 Å². The first-order valence-electron chi connectivity index (χ1n) is 28.2. The Morgan fingerprint density at radius 1 is 0.309 bits per heavy atom. The molecule has 6 nitrogen and oxygen atoms in total. The van der Waals surface area contributed by atoms with Crippen LogP contribution < -0.4 is 0 Å². The summed E-state index contributed by atoms with van der Waals surface area (Å²) >= 11 is 0. The quantitative estimate of drug-likeness (QED) is 0.0262. The van der Waals surface area contributed by atoms with Crippen LogP contribution in [0.2, 0.25) is 0 Å². The lowest BCUT2D eigenvalue weighted by molar-refractivity contribution is -0.167. The van der Waals surface area contributed by atoms with Crippen LogP contribution in [-0.2, 0) is 28.6 Å². The van der Waals surface area contributed by atoms with Crippen molar-refractivity contribution >= 4 is 17.9 Å². The Labute approximate surface area is 419 Å². The summed E-state index contributed by atoms with van der Waals surface area (Å²) in [6, 6.07) is 0. The number of esters is 3. The first kappa shape index (κ1) is 64.3. The van der Waals surface area contributed by atoms with Gasteiger partial charge in [-0.3, -0.25) is 14.4 Å². The third kappa shape index (κ3) is 53.3. The van der Waals surface area contributed by atoms with Crippen molar-refractivity contribution < 1.29 is 28.6 Å². The van der Waals surface area contributed by atoms with E-state index in [0.717, 1.165) is 122 Å². The van der Waals surface area contributed by atoms with Crippen LogP contribution in [0.5, 0.6) is 0 Å². The highest BCUT2D eigenvalue weighted by Gasteiger charge is 2.19. The maximum absolute atomic E-state index is 12.8. The molecular formula is C62H104O6. The first-order chi connectivity index (χ1) is 33.5. The van der Waals surface area contributed by atoms with Crippen molar-refractivity contribution in [3.8, 4) is 0 Å². The van der Waals surface area contributed by atoms with Crippen molar-refractivity contribution in [2.45, 2.75) is 264 Å². The average molecular weight is 946 g/mol. The van der Waals surface area contributed by atoms with Gasteiger partial charge in [0, 0.05) is 19.3 Å². The van der Waals surface area contributed by atoms with Crippen LogP contribution in [0.25, 0.3) is 0 Å². The molecule has 0 radical (unpaired) electrons. The van der Waals surface area contributed by atoms with E-state index in [-0.39, 0.29) is 31.1 Å². The molecule has 1 atom stereocenters. The SMILES string of the molecule is CC/C=C\C/C=C\C/C=C\C/C=C\CCCCCCCCCCCCCCC(=O)OCC(COC(=O)CCCCCCCC)OC(=O)CCCCCCCC/C=C\C/C=C\C/C=C\C/C=C\CC. The maximum atomic E-state index is 12.8. The Morgan fingerprint density at radius 3 is 0.897 bits per heavy atom. The molecule has 0 saturated carbocycles. The van der Waals surface area contributed by atoms with Crippen molar-refractivity contribution in [2.75, 3.05) is 13.2 Å². The van der Waals surface area contributed by atoms with Crippen LogP contribution in [0.4, 0.5) is 0 Å². The highest BCUT2D eigenvalue weighted by molar-refractivity contribution is 5.71. The number of rotatable bonds is 50. The van der Waals surface area contributed by atoms with Gasteiger partial charge in [0.1, 0.15) is 13.2 Å². The van der Waals surface area contributed by atoms with E-state index in [1.165, 1.54) is 96.3 Å². The number of allylic oxidation sites excluding steroid dienone is 16. The molecule has 0 aromatic carbocycles. The monoisotopic (exact) mass is 945 g/mol. The Balaban J connectivity index is 4.16. The van der Waals surface area contributed by atoms with Gasteiger partial charge in [0.15, 0.2) is 6.10 Å². The van der Waals surface area contributed by atoms with E-state index in [4.69, 9.17) is 14.2 Å². The fraction of sp³-hybridized carbons (Fsp3) is 0.694. The first-order valence-corrected chi connectivity index (χ1v) is 28.2. The predicted molar refractivity (Wildman–Crippen MR) is 293 cm³/mol. The highest BCUT2D eigenvalue weighted by atomic mass is 16.6. The molecule has 6 heteroatoms. The smallest absolute Gasteiger partial charge is 0.306 e. The molecule has 0 aliphatic heterocycles. The van der Waals surface area contributed by atoms with Crippen LogP contribution in [0.1, 0.15) is 258 Å². The molecule has 0 bridgehead atoms. The molecule has 0 heterocycles. The molecule has 0 N–H and O–H groups in total. The second-order valence-electron chi connectivity index (χ2n) is 18.4. The van der Waals surface area contributed by atoms with Crippen LogP contribution in [-0.4, -0.2) is 37.2 Å². The Morgan fingerprint density at radius 2 is 0.574 bits per heavy atom. The number of unbranched alkanes of at least 4 members (excludes halogenated alkanes) is 23. The number of hydrogen-bond donors (Lipinski definition) is 0. The molecule has 0 rings (SSSR count). The number of ether oxygens (including phenoxy) is 3. The summed E-state index contributed by atoms with van der Waals surface area (Å²) in [5.41, 5.74) is 0. The molecule has 0 saturated heterocycles. The minimum Gasteiger partial charge on any atom is -0.462 e. The molecule has 0 fully saturated rings. The molecule has 0 aliphatic rings. The van der Waals surface area contributed by atoms with Gasteiger partial charge in [-0.15, -0.1) is 0 Å². The lowest BCUT2D eigenvalue weighted by atomic mass is 10.0. The Bertz CT molecular complexity index is 1360. The van der Waals surface area contributed by atoms with Gasteiger partial charge in [-0.25, -0.2) is 0 Å². The van der Waals surface area contributed by atoms with Crippen molar-refractivity contribution in [2.24, 2.45) is 0 Å². The lowest BCUT2D eigenvalue weighted by Gasteiger charge is -2.18. The molecule has 0 aromatic rings. The molecular weight excluding hydrogens is 841 g/mol. The third-order valence-corrected chi connectivity index (χ3v) is 11.8. The molecule has 0 aromatic heterocycles. The largest absolute Gasteiger partial charge is 0.462 e. The van der Waals surface area contributed by atoms with E-state index >= 15 is 0 Å². The highest BCUT2D eigenvalue weighted by Crippen LogP contribution is 2.15. The number of carbonyl (C=O) groups excluding carboxylic acids is 3. The fourth-order valence-electron chi connectivity index (χ4n) is 7.66. The van der Waals surface area contributed by atoms with E-state index in [2.05, 4.69) is 118 Å². The van der Waals surface area contributed by atoms with Crippen LogP contribution in [0, 0.1) is 0 Å². The Hall–Kier alpha value is -3.67. The standard InChI is InChI=1S/C62H104O6/c1-4-7-10-13-16-18-20-22-24-26-28-29-30-31-32-33-35-36-38-40-42-44-46-49-52-55-61(64)67-58-59(57-66-60(63)54-51-48-15-12-9-6-3)68-62(65)56-53-50-47-45-43-41-39-37-34-27-25-23-21-19-17-14-11-8-5-2/h7-8,10-11,16-19,22-25,28-29,34,37,59H,4-6,9,12-15,20-21,26-27,30-33,35-36,38-58H2,1-3H3/b10-7-,11-8-,18-16-,19-17-,24-22-,25-23-,29-28-,37-34-. The minimum absolute atomic E-state index is 0.0837. The van der Waals surface area contributed by atoms with Crippen molar-refractivity contribution in [1.29, 1.82) is 0 Å². The molecule has 0 aliphatic carbocycles. The number of carbonyl (C=O) groups is 3. The normalized spacial score (nSPS) is 12.8. The van der Waals surface area contributed by atoms with Crippen molar-refractivity contribution in [3.05, 3.63) is 97.2 Å². The zero-order valence-electron chi connectivity index (χ0n) is 44.3. The topological polar surface area (TPSA) is 78.9 Å². The molecule has 0 amide bonds. The summed E-state index contributed by atoms with van der Waals surface area (Å²) in [4.78, 5) is 37.9. The second-order valence-corrected chi connectivity index (χ2v) is 18.4. The fourth-order valence-corrected chi connectivity index (χ4v) is 7.66. The van der Waals surface area contributed by atoms with Gasteiger partial charge in [0.2, 0.25) is 0 Å². The second kappa shape index (κ2) is 55.9. The van der Waals surface area contributed by atoms with Crippen LogP contribution in [0.15, 0.2) is 97.2 Å². The van der Waals surface area contributed by atoms with Gasteiger partial charge < -0.3 is 14.2 Å². The van der Waals surface area contributed by atoms with Crippen LogP contribution in [0.3, 0.4) is 0 Å². The summed E-state index contributed by atoms with van der Waals surface area (Å²) in [5, 5.41) is 0.